The molecule has 1 atom stereocenters. The highest BCUT2D eigenvalue weighted by Crippen LogP contribution is 2.25. The van der Waals surface area contributed by atoms with Gasteiger partial charge in [0, 0.05) is 18.9 Å². The second-order valence-corrected chi connectivity index (χ2v) is 3.36. The Bertz CT molecular complexity index is 271. The zero-order valence-corrected chi connectivity index (χ0v) is 7.96. The van der Waals surface area contributed by atoms with E-state index in [4.69, 9.17) is 20.9 Å². The molecule has 1 aliphatic heterocycles. The molecule has 1 aromatic heterocycles. The molecule has 0 aliphatic carbocycles. The van der Waals surface area contributed by atoms with Crippen molar-refractivity contribution in [2.24, 2.45) is 0 Å². The Morgan fingerprint density at radius 3 is 3.15 bits per heavy atom. The van der Waals surface area contributed by atoms with E-state index in [-0.39, 0.29) is 6.10 Å². The zero-order chi connectivity index (χ0) is 9.10. The standard InChI is InChI=1S/C8H11ClN2O2/c9-4-3-7-10-8(11-13-7)6-2-1-5-12-6/h6H,1-5H2. The van der Waals surface area contributed by atoms with Crippen molar-refractivity contribution in [2.75, 3.05) is 12.5 Å². The summed E-state index contributed by atoms with van der Waals surface area (Å²) in [6.07, 6.45) is 2.72. The molecule has 2 rings (SSSR count). The third-order valence-corrected chi connectivity index (χ3v) is 2.20. The molecule has 1 aliphatic rings. The average Bonchev–Trinajstić information content (AvgIpc) is 2.70. The van der Waals surface area contributed by atoms with E-state index in [9.17, 15) is 0 Å². The lowest BCUT2D eigenvalue weighted by Gasteiger charge is -2.00. The van der Waals surface area contributed by atoms with E-state index in [1.54, 1.807) is 0 Å². The van der Waals surface area contributed by atoms with Crippen LogP contribution in [0.2, 0.25) is 0 Å². The highest BCUT2D eigenvalue weighted by atomic mass is 35.5. The molecule has 0 amide bonds. The van der Waals surface area contributed by atoms with Crippen LogP contribution in [0.1, 0.15) is 30.7 Å². The average molecular weight is 203 g/mol. The third-order valence-electron chi connectivity index (χ3n) is 2.01. The number of hydrogen-bond acceptors (Lipinski definition) is 4. The van der Waals surface area contributed by atoms with Gasteiger partial charge in [0.2, 0.25) is 11.7 Å². The van der Waals surface area contributed by atoms with E-state index < -0.39 is 0 Å². The molecule has 0 aromatic carbocycles. The fourth-order valence-electron chi connectivity index (χ4n) is 1.36. The largest absolute Gasteiger partial charge is 0.370 e. The van der Waals surface area contributed by atoms with Gasteiger partial charge in [-0.2, -0.15) is 4.98 Å². The monoisotopic (exact) mass is 202 g/mol. The number of rotatable bonds is 3. The molecule has 1 unspecified atom stereocenters. The summed E-state index contributed by atoms with van der Waals surface area (Å²) in [5, 5.41) is 3.85. The number of hydrogen-bond donors (Lipinski definition) is 0. The van der Waals surface area contributed by atoms with Gasteiger partial charge in [-0.05, 0) is 12.8 Å². The summed E-state index contributed by atoms with van der Waals surface area (Å²) in [5.74, 6) is 1.77. The molecule has 5 heteroatoms. The van der Waals surface area contributed by atoms with Crippen molar-refractivity contribution in [3.63, 3.8) is 0 Å². The smallest absolute Gasteiger partial charge is 0.227 e. The lowest BCUT2D eigenvalue weighted by Crippen LogP contribution is -1.98. The second-order valence-electron chi connectivity index (χ2n) is 2.99. The molecule has 1 fully saturated rings. The molecule has 0 N–H and O–H groups in total. The summed E-state index contributed by atoms with van der Waals surface area (Å²) in [6, 6.07) is 0. The number of aromatic nitrogens is 2. The van der Waals surface area contributed by atoms with Gasteiger partial charge in [-0.25, -0.2) is 0 Å². The van der Waals surface area contributed by atoms with Crippen LogP contribution in [-0.2, 0) is 11.2 Å². The normalized spacial score (nSPS) is 22.4. The van der Waals surface area contributed by atoms with Crippen molar-refractivity contribution in [3.8, 4) is 0 Å². The van der Waals surface area contributed by atoms with E-state index in [1.165, 1.54) is 0 Å². The maximum atomic E-state index is 5.55. The molecule has 4 nitrogen and oxygen atoms in total. The first kappa shape index (κ1) is 8.97. The Morgan fingerprint density at radius 2 is 2.46 bits per heavy atom. The Labute approximate surface area is 81.2 Å². The molecule has 1 saturated heterocycles. The molecule has 1 aromatic rings. The molecule has 2 heterocycles. The molecule has 0 bridgehead atoms. The number of aryl methyl sites for hydroxylation is 1. The minimum absolute atomic E-state index is 0.0350. The van der Waals surface area contributed by atoms with Crippen LogP contribution in [0.5, 0.6) is 0 Å². The Morgan fingerprint density at radius 1 is 1.54 bits per heavy atom. The second kappa shape index (κ2) is 4.07. The predicted octanol–water partition coefficient (Wildman–Crippen LogP) is 1.70. The summed E-state index contributed by atoms with van der Waals surface area (Å²) in [6.45, 7) is 0.796. The first-order valence-electron chi connectivity index (χ1n) is 4.40. The topological polar surface area (TPSA) is 48.2 Å². The van der Waals surface area contributed by atoms with E-state index in [0.29, 0.717) is 24.0 Å². The summed E-state index contributed by atoms with van der Waals surface area (Å²) in [4.78, 5) is 4.19. The minimum Gasteiger partial charge on any atom is -0.370 e. The molecule has 0 saturated carbocycles. The highest BCUT2D eigenvalue weighted by molar-refractivity contribution is 6.17. The number of alkyl halides is 1. The Balaban J connectivity index is 2.03. The minimum atomic E-state index is 0.0350. The van der Waals surface area contributed by atoms with Crippen LogP contribution in [0.4, 0.5) is 0 Å². The van der Waals surface area contributed by atoms with Gasteiger partial charge in [0.15, 0.2) is 0 Å². The third kappa shape index (κ3) is 2.00. The van der Waals surface area contributed by atoms with Crippen molar-refractivity contribution in [3.05, 3.63) is 11.7 Å². The van der Waals surface area contributed by atoms with Crippen molar-refractivity contribution in [1.29, 1.82) is 0 Å². The van der Waals surface area contributed by atoms with Crippen LogP contribution in [0.3, 0.4) is 0 Å². The van der Waals surface area contributed by atoms with Gasteiger partial charge in [0.1, 0.15) is 6.10 Å². The van der Waals surface area contributed by atoms with Gasteiger partial charge in [-0.3, -0.25) is 0 Å². The molecule has 72 valence electrons. The summed E-state index contributed by atoms with van der Waals surface area (Å²) < 4.78 is 10.4. The number of nitrogens with zero attached hydrogens (tertiary/aromatic N) is 2. The van der Waals surface area contributed by atoms with E-state index in [1.807, 2.05) is 0 Å². The Hall–Kier alpha value is -0.610. The van der Waals surface area contributed by atoms with E-state index >= 15 is 0 Å². The van der Waals surface area contributed by atoms with Gasteiger partial charge in [-0.1, -0.05) is 5.16 Å². The number of halogens is 1. The van der Waals surface area contributed by atoms with Gasteiger partial charge in [-0.15, -0.1) is 11.6 Å². The number of ether oxygens (including phenoxy) is 1. The SMILES string of the molecule is ClCCc1nc(C2CCCO2)no1. The maximum Gasteiger partial charge on any atom is 0.227 e. The maximum absolute atomic E-state index is 5.55. The summed E-state index contributed by atoms with van der Waals surface area (Å²) in [7, 11) is 0. The van der Waals surface area contributed by atoms with Gasteiger partial charge in [0.05, 0.1) is 0 Å². The molecular formula is C8H11ClN2O2. The van der Waals surface area contributed by atoms with Crippen molar-refractivity contribution in [2.45, 2.75) is 25.4 Å². The summed E-state index contributed by atoms with van der Waals surface area (Å²) >= 11 is 5.55. The first-order valence-corrected chi connectivity index (χ1v) is 4.93. The molecular weight excluding hydrogens is 192 g/mol. The molecule has 0 radical (unpaired) electrons. The van der Waals surface area contributed by atoms with Crippen molar-refractivity contribution >= 4 is 11.6 Å². The fourth-order valence-corrected chi connectivity index (χ4v) is 1.52. The fraction of sp³-hybridized carbons (Fsp3) is 0.750. The van der Waals surface area contributed by atoms with Crippen LogP contribution < -0.4 is 0 Å². The van der Waals surface area contributed by atoms with Crippen LogP contribution >= 0.6 is 11.6 Å². The van der Waals surface area contributed by atoms with Crippen LogP contribution in [0, 0.1) is 0 Å². The van der Waals surface area contributed by atoms with Crippen molar-refractivity contribution < 1.29 is 9.26 Å². The van der Waals surface area contributed by atoms with Gasteiger partial charge >= 0.3 is 0 Å². The quantitative estimate of drug-likeness (QED) is 0.700. The lowest BCUT2D eigenvalue weighted by molar-refractivity contribution is 0.103. The van der Waals surface area contributed by atoms with E-state index in [0.717, 1.165) is 19.4 Å². The zero-order valence-electron chi connectivity index (χ0n) is 7.20. The van der Waals surface area contributed by atoms with Gasteiger partial charge in [0.25, 0.3) is 0 Å². The predicted molar refractivity (Wildman–Crippen MR) is 46.6 cm³/mol. The summed E-state index contributed by atoms with van der Waals surface area (Å²) in [5.41, 5.74) is 0. The highest BCUT2D eigenvalue weighted by Gasteiger charge is 2.22. The first-order chi connectivity index (χ1) is 6.40. The van der Waals surface area contributed by atoms with Gasteiger partial charge < -0.3 is 9.26 Å². The Kier molecular flexibility index (Phi) is 2.80. The van der Waals surface area contributed by atoms with Crippen LogP contribution in [0.15, 0.2) is 4.52 Å². The van der Waals surface area contributed by atoms with E-state index in [2.05, 4.69) is 10.1 Å². The molecule has 13 heavy (non-hydrogen) atoms. The van der Waals surface area contributed by atoms with Crippen molar-refractivity contribution in [1.82, 2.24) is 10.1 Å². The molecule has 0 spiro atoms. The van der Waals surface area contributed by atoms with Crippen LogP contribution in [0.25, 0.3) is 0 Å². The lowest BCUT2D eigenvalue weighted by atomic mass is 10.2. The van der Waals surface area contributed by atoms with Crippen LogP contribution in [-0.4, -0.2) is 22.6 Å².